The second-order valence-electron chi connectivity index (χ2n) is 4.12. The summed E-state index contributed by atoms with van der Waals surface area (Å²) in [4.78, 5) is 11.8. The summed E-state index contributed by atoms with van der Waals surface area (Å²) in [7, 11) is 0. The minimum Gasteiger partial charge on any atom is -0.348 e. The van der Waals surface area contributed by atoms with Gasteiger partial charge >= 0.3 is 0 Å². The molecular formula is C15H10F2N2O. The SMILES string of the molecule is N#Cc1cccc(C(=O)NCc2ccc(F)c(F)c2)c1. The molecule has 0 radical (unpaired) electrons. The number of hydrogen-bond donors (Lipinski definition) is 1. The van der Waals surface area contributed by atoms with Crippen LogP contribution in [0.1, 0.15) is 21.5 Å². The van der Waals surface area contributed by atoms with Gasteiger partial charge in [-0.1, -0.05) is 12.1 Å². The van der Waals surface area contributed by atoms with Crippen LogP contribution in [0.5, 0.6) is 0 Å². The molecule has 0 aliphatic heterocycles. The highest BCUT2D eigenvalue weighted by molar-refractivity contribution is 5.94. The predicted molar refractivity (Wildman–Crippen MR) is 68.7 cm³/mol. The number of benzene rings is 2. The third kappa shape index (κ3) is 3.18. The van der Waals surface area contributed by atoms with Crippen LogP contribution < -0.4 is 5.32 Å². The maximum atomic E-state index is 13.0. The van der Waals surface area contributed by atoms with Crippen molar-refractivity contribution >= 4 is 5.91 Å². The van der Waals surface area contributed by atoms with Crippen LogP contribution in [-0.2, 0) is 6.54 Å². The molecule has 0 bridgehead atoms. The monoisotopic (exact) mass is 272 g/mol. The molecule has 0 aliphatic rings. The predicted octanol–water partition coefficient (Wildman–Crippen LogP) is 2.77. The Hall–Kier alpha value is -2.74. The standard InChI is InChI=1S/C15H10F2N2O/c16-13-5-4-11(7-14(13)17)9-19-15(20)12-3-1-2-10(6-12)8-18/h1-7H,9H2,(H,19,20). The Morgan fingerprint density at radius 3 is 2.65 bits per heavy atom. The first-order valence-corrected chi connectivity index (χ1v) is 5.82. The highest BCUT2D eigenvalue weighted by atomic mass is 19.2. The summed E-state index contributed by atoms with van der Waals surface area (Å²) in [5, 5.41) is 11.3. The number of halogens is 2. The maximum Gasteiger partial charge on any atom is 0.251 e. The molecule has 0 aromatic heterocycles. The van der Waals surface area contributed by atoms with Crippen molar-refractivity contribution in [2.45, 2.75) is 6.54 Å². The van der Waals surface area contributed by atoms with E-state index in [1.165, 1.54) is 12.1 Å². The van der Waals surface area contributed by atoms with E-state index in [0.29, 0.717) is 16.7 Å². The smallest absolute Gasteiger partial charge is 0.251 e. The van der Waals surface area contributed by atoms with Crippen molar-refractivity contribution in [1.29, 1.82) is 5.26 Å². The number of nitrogens with zero attached hydrogens (tertiary/aromatic N) is 1. The normalized spacial score (nSPS) is 9.85. The van der Waals surface area contributed by atoms with Gasteiger partial charge < -0.3 is 5.32 Å². The van der Waals surface area contributed by atoms with Crippen LogP contribution in [0.25, 0.3) is 0 Å². The van der Waals surface area contributed by atoms with Crippen molar-refractivity contribution in [2.24, 2.45) is 0 Å². The van der Waals surface area contributed by atoms with E-state index in [1.54, 1.807) is 18.2 Å². The van der Waals surface area contributed by atoms with Crippen molar-refractivity contribution in [3.05, 3.63) is 70.8 Å². The van der Waals surface area contributed by atoms with Gasteiger partial charge in [-0.15, -0.1) is 0 Å². The van der Waals surface area contributed by atoms with Gasteiger partial charge in [-0.3, -0.25) is 4.79 Å². The molecule has 2 aromatic rings. The Bertz CT molecular complexity index is 693. The van der Waals surface area contributed by atoms with Gasteiger partial charge in [-0.25, -0.2) is 8.78 Å². The Morgan fingerprint density at radius 2 is 1.95 bits per heavy atom. The lowest BCUT2D eigenvalue weighted by atomic mass is 10.1. The van der Waals surface area contributed by atoms with Crippen LogP contribution in [0, 0.1) is 23.0 Å². The molecular weight excluding hydrogens is 262 g/mol. The topological polar surface area (TPSA) is 52.9 Å². The zero-order valence-corrected chi connectivity index (χ0v) is 10.4. The van der Waals surface area contributed by atoms with Gasteiger partial charge in [0.15, 0.2) is 11.6 Å². The van der Waals surface area contributed by atoms with E-state index in [4.69, 9.17) is 5.26 Å². The summed E-state index contributed by atoms with van der Waals surface area (Å²) in [6.07, 6.45) is 0. The number of rotatable bonds is 3. The number of nitriles is 1. The molecule has 2 rings (SSSR count). The molecule has 0 unspecified atom stereocenters. The Morgan fingerprint density at radius 1 is 1.15 bits per heavy atom. The van der Waals surface area contributed by atoms with Gasteiger partial charge in [-0.05, 0) is 35.9 Å². The Labute approximate surface area is 114 Å². The summed E-state index contributed by atoms with van der Waals surface area (Å²) >= 11 is 0. The minimum absolute atomic E-state index is 0.0762. The van der Waals surface area contributed by atoms with Crippen LogP contribution in [0.2, 0.25) is 0 Å². The molecule has 5 heteroatoms. The molecule has 3 nitrogen and oxygen atoms in total. The molecule has 0 atom stereocenters. The van der Waals surface area contributed by atoms with Crippen molar-refractivity contribution in [1.82, 2.24) is 5.32 Å². The lowest BCUT2D eigenvalue weighted by Crippen LogP contribution is -2.22. The van der Waals surface area contributed by atoms with Crippen molar-refractivity contribution < 1.29 is 13.6 Å². The van der Waals surface area contributed by atoms with Gasteiger partial charge in [0.1, 0.15) is 0 Å². The first-order chi connectivity index (χ1) is 9.60. The first-order valence-electron chi connectivity index (χ1n) is 5.82. The summed E-state index contributed by atoms with van der Waals surface area (Å²) in [5.74, 6) is -2.27. The number of carbonyl (C=O) groups is 1. The summed E-state index contributed by atoms with van der Waals surface area (Å²) in [6, 6.07) is 11.6. The second kappa shape index (κ2) is 5.93. The van der Waals surface area contributed by atoms with Gasteiger partial charge in [0.2, 0.25) is 0 Å². The molecule has 0 spiro atoms. The van der Waals surface area contributed by atoms with Gasteiger partial charge in [-0.2, -0.15) is 5.26 Å². The van der Waals surface area contributed by atoms with Crippen molar-refractivity contribution in [3.63, 3.8) is 0 Å². The van der Waals surface area contributed by atoms with Crippen LogP contribution in [0.15, 0.2) is 42.5 Å². The van der Waals surface area contributed by atoms with Gasteiger partial charge in [0.25, 0.3) is 5.91 Å². The molecule has 0 saturated carbocycles. The third-order valence-corrected chi connectivity index (χ3v) is 2.69. The van der Waals surface area contributed by atoms with Crippen LogP contribution in [-0.4, -0.2) is 5.91 Å². The average Bonchev–Trinajstić information content (AvgIpc) is 2.48. The van der Waals surface area contributed by atoms with E-state index in [9.17, 15) is 13.6 Å². The van der Waals surface area contributed by atoms with Crippen LogP contribution in [0.3, 0.4) is 0 Å². The van der Waals surface area contributed by atoms with Gasteiger partial charge in [0, 0.05) is 12.1 Å². The lowest BCUT2D eigenvalue weighted by Gasteiger charge is -2.06. The molecule has 0 heterocycles. The summed E-state index contributed by atoms with van der Waals surface area (Å²) in [6.45, 7) is 0.0762. The van der Waals surface area contributed by atoms with E-state index in [-0.39, 0.29) is 12.5 Å². The van der Waals surface area contributed by atoms with Crippen LogP contribution in [0.4, 0.5) is 8.78 Å². The largest absolute Gasteiger partial charge is 0.348 e. The van der Waals surface area contributed by atoms with E-state index >= 15 is 0 Å². The fourth-order valence-electron chi connectivity index (χ4n) is 1.66. The minimum atomic E-state index is -0.955. The number of nitrogens with one attached hydrogen (secondary N) is 1. The quantitative estimate of drug-likeness (QED) is 0.934. The molecule has 100 valence electrons. The van der Waals surface area contributed by atoms with Crippen molar-refractivity contribution in [2.75, 3.05) is 0 Å². The maximum absolute atomic E-state index is 13.0. The Kier molecular flexibility index (Phi) is 4.06. The zero-order valence-electron chi connectivity index (χ0n) is 10.4. The third-order valence-electron chi connectivity index (χ3n) is 2.69. The average molecular weight is 272 g/mol. The molecule has 1 N–H and O–H groups in total. The molecule has 0 aliphatic carbocycles. The Balaban J connectivity index is 2.04. The number of carbonyl (C=O) groups excluding carboxylic acids is 1. The summed E-state index contributed by atoms with van der Waals surface area (Å²) < 4.78 is 25.8. The van der Waals surface area contributed by atoms with Gasteiger partial charge in [0.05, 0.1) is 11.6 Å². The zero-order chi connectivity index (χ0) is 14.5. The fourth-order valence-corrected chi connectivity index (χ4v) is 1.66. The van der Waals surface area contributed by atoms with Crippen LogP contribution >= 0.6 is 0 Å². The van der Waals surface area contributed by atoms with E-state index in [1.807, 2.05) is 6.07 Å². The van der Waals surface area contributed by atoms with E-state index in [2.05, 4.69) is 5.32 Å². The van der Waals surface area contributed by atoms with Crippen molar-refractivity contribution in [3.8, 4) is 6.07 Å². The highest BCUT2D eigenvalue weighted by Crippen LogP contribution is 2.09. The van der Waals surface area contributed by atoms with E-state index < -0.39 is 11.6 Å². The molecule has 0 fully saturated rings. The lowest BCUT2D eigenvalue weighted by molar-refractivity contribution is 0.0951. The molecule has 20 heavy (non-hydrogen) atoms. The number of hydrogen-bond acceptors (Lipinski definition) is 2. The molecule has 0 saturated heterocycles. The second-order valence-corrected chi connectivity index (χ2v) is 4.12. The number of amides is 1. The first kappa shape index (κ1) is 13.7. The molecule has 2 aromatic carbocycles. The fraction of sp³-hybridized carbons (Fsp3) is 0.0667. The van der Waals surface area contributed by atoms with E-state index in [0.717, 1.165) is 12.1 Å². The molecule has 1 amide bonds. The summed E-state index contributed by atoms with van der Waals surface area (Å²) in [5.41, 5.74) is 1.17. The highest BCUT2D eigenvalue weighted by Gasteiger charge is 2.07.